The van der Waals surface area contributed by atoms with Crippen molar-refractivity contribution < 1.29 is 0 Å². The van der Waals surface area contributed by atoms with Crippen LogP contribution in [-0.4, -0.2) is 36.9 Å². The van der Waals surface area contributed by atoms with Crippen LogP contribution in [0.4, 0.5) is 5.82 Å². The molecule has 2 heterocycles. The van der Waals surface area contributed by atoms with Crippen molar-refractivity contribution in [2.45, 2.75) is 32.6 Å². The fraction of sp³-hybridized carbons (Fsp3) is 0.714. The number of nitrogens with one attached hydrogen (secondary N) is 1. The number of anilines is 1. The number of aryl methyl sites for hydroxylation is 1. The molecular formula is C14H24N4. The molecule has 1 aromatic heterocycles. The molecule has 0 amide bonds. The molecule has 1 aromatic rings. The van der Waals surface area contributed by atoms with Gasteiger partial charge in [0.05, 0.1) is 5.69 Å². The fourth-order valence-electron chi connectivity index (χ4n) is 2.51. The van der Waals surface area contributed by atoms with E-state index in [1.807, 2.05) is 0 Å². The van der Waals surface area contributed by atoms with Crippen molar-refractivity contribution in [3.05, 3.63) is 17.8 Å². The molecular weight excluding hydrogens is 224 g/mol. The Kier molecular flexibility index (Phi) is 4.93. The highest BCUT2D eigenvalue weighted by Crippen LogP contribution is 2.15. The number of hydrogen-bond acceptors (Lipinski definition) is 4. The van der Waals surface area contributed by atoms with E-state index in [1.54, 1.807) is 0 Å². The van der Waals surface area contributed by atoms with E-state index in [-0.39, 0.29) is 0 Å². The van der Waals surface area contributed by atoms with Crippen LogP contribution in [0.5, 0.6) is 0 Å². The number of piperidine rings is 1. The first-order chi connectivity index (χ1) is 8.79. The van der Waals surface area contributed by atoms with Gasteiger partial charge in [0.1, 0.15) is 0 Å². The Bertz CT molecular complexity index is 343. The predicted molar refractivity (Wildman–Crippen MR) is 74.9 cm³/mol. The quantitative estimate of drug-likeness (QED) is 0.863. The molecule has 0 aromatic carbocycles. The van der Waals surface area contributed by atoms with Crippen LogP contribution in [0, 0.1) is 5.92 Å². The summed E-state index contributed by atoms with van der Waals surface area (Å²) < 4.78 is 0. The molecule has 100 valence electrons. The lowest BCUT2D eigenvalue weighted by Crippen LogP contribution is -2.37. The van der Waals surface area contributed by atoms with Crippen LogP contribution in [0.25, 0.3) is 0 Å². The maximum Gasteiger partial charge on any atom is 0.150 e. The third kappa shape index (κ3) is 3.67. The molecule has 0 radical (unpaired) electrons. The Morgan fingerprint density at radius 1 is 1.39 bits per heavy atom. The van der Waals surface area contributed by atoms with Crippen molar-refractivity contribution in [1.29, 1.82) is 0 Å². The summed E-state index contributed by atoms with van der Waals surface area (Å²) in [5.41, 5.74) is 1.09. The number of aromatic nitrogens is 2. The third-order valence-corrected chi connectivity index (χ3v) is 3.53. The normalized spacial score (nSPS) is 19.8. The first-order valence-electron chi connectivity index (χ1n) is 7.04. The van der Waals surface area contributed by atoms with Crippen LogP contribution in [0.2, 0.25) is 0 Å². The largest absolute Gasteiger partial charge is 0.358 e. The molecule has 4 nitrogen and oxygen atoms in total. The van der Waals surface area contributed by atoms with Crippen molar-refractivity contribution in [3.8, 4) is 0 Å². The van der Waals surface area contributed by atoms with Crippen molar-refractivity contribution in [2.24, 2.45) is 5.92 Å². The summed E-state index contributed by atoms with van der Waals surface area (Å²) in [6, 6.07) is 4.19. The van der Waals surface area contributed by atoms with Gasteiger partial charge in [-0.2, -0.15) is 5.10 Å². The lowest BCUT2D eigenvalue weighted by atomic mass is 9.99. The monoisotopic (exact) mass is 248 g/mol. The second-order valence-corrected chi connectivity index (χ2v) is 5.23. The Morgan fingerprint density at radius 3 is 2.89 bits per heavy atom. The highest BCUT2D eigenvalue weighted by Gasteiger charge is 2.15. The van der Waals surface area contributed by atoms with Gasteiger partial charge < -0.3 is 10.2 Å². The van der Waals surface area contributed by atoms with Gasteiger partial charge in [-0.3, -0.25) is 0 Å². The van der Waals surface area contributed by atoms with E-state index < -0.39 is 0 Å². The minimum absolute atomic E-state index is 0.737. The van der Waals surface area contributed by atoms with Gasteiger partial charge in [-0.1, -0.05) is 13.3 Å². The highest BCUT2D eigenvalue weighted by atomic mass is 15.2. The molecule has 0 spiro atoms. The molecule has 0 bridgehead atoms. The van der Waals surface area contributed by atoms with E-state index in [2.05, 4.69) is 46.5 Å². The number of hydrogen-bond donors (Lipinski definition) is 1. The molecule has 18 heavy (non-hydrogen) atoms. The molecule has 1 atom stereocenters. The minimum atomic E-state index is 0.737. The molecule has 1 unspecified atom stereocenters. The van der Waals surface area contributed by atoms with E-state index in [1.165, 1.54) is 19.4 Å². The lowest BCUT2D eigenvalue weighted by molar-refractivity contribution is 0.380. The Hall–Kier alpha value is -1.16. The molecule has 1 fully saturated rings. The Morgan fingerprint density at radius 2 is 2.28 bits per heavy atom. The maximum atomic E-state index is 4.32. The standard InChI is InChI=1S/C14H24N4/c1-3-5-13-7-8-14(17-16-13)18(2)11-12-6-4-9-15-10-12/h7-8,12,15H,3-6,9-11H2,1-2H3. The van der Waals surface area contributed by atoms with E-state index in [9.17, 15) is 0 Å². The fourth-order valence-corrected chi connectivity index (χ4v) is 2.51. The van der Waals surface area contributed by atoms with Crippen LogP contribution >= 0.6 is 0 Å². The topological polar surface area (TPSA) is 41.0 Å². The summed E-state index contributed by atoms with van der Waals surface area (Å²) in [6.45, 7) is 5.53. The molecule has 1 aliphatic heterocycles. The van der Waals surface area contributed by atoms with Gasteiger partial charge in [-0.15, -0.1) is 5.10 Å². The average Bonchev–Trinajstić information content (AvgIpc) is 2.41. The van der Waals surface area contributed by atoms with Crippen LogP contribution in [0.15, 0.2) is 12.1 Å². The number of rotatable bonds is 5. The number of nitrogens with zero attached hydrogens (tertiary/aromatic N) is 3. The molecule has 1 saturated heterocycles. The van der Waals surface area contributed by atoms with Crippen LogP contribution < -0.4 is 10.2 Å². The van der Waals surface area contributed by atoms with Gasteiger partial charge in [-0.05, 0) is 50.4 Å². The molecule has 1 N–H and O–H groups in total. The summed E-state index contributed by atoms with van der Waals surface area (Å²) in [5, 5.41) is 12.0. The van der Waals surface area contributed by atoms with Crippen molar-refractivity contribution in [2.75, 3.05) is 31.6 Å². The smallest absolute Gasteiger partial charge is 0.150 e. The first-order valence-corrected chi connectivity index (χ1v) is 7.04. The summed E-state index contributed by atoms with van der Waals surface area (Å²) >= 11 is 0. The SMILES string of the molecule is CCCc1ccc(N(C)CC2CCCNC2)nn1. The minimum Gasteiger partial charge on any atom is -0.358 e. The zero-order valence-corrected chi connectivity index (χ0v) is 11.5. The van der Waals surface area contributed by atoms with Crippen LogP contribution in [0.1, 0.15) is 31.9 Å². The second kappa shape index (κ2) is 6.69. The first kappa shape index (κ1) is 13.3. The Balaban J connectivity index is 1.89. The van der Waals surface area contributed by atoms with Gasteiger partial charge in [0.15, 0.2) is 5.82 Å². The van der Waals surface area contributed by atoms with Crippen LogP contribution in [0.3, 0.4) is 0 Å². The van der Waals surface area contributed by atoms with Crippen LogP contribution in [-0.2, 0) is 6.42 Å². The molecule has 4 heteroatoms. The average molecular weight is 248 g/mol. The lowest BCUT2D eigenvalue weighted by Gasteiger charge is -2.28. The van der Waals surface area contributed by atoms with Gasteiger partial charge >= 0.3 is 0 Å². The van der Waals surface area contributed by atoms with E-state index in [4.69, 9.17) is 0 Å². The van der Waals surface area contributed by atoms with Crippen molar-refractivity contribution >= 4 is 5.82 Å². The molecule has 2 rings (SSSR count). The summed E-state index contributed by atoms with van der Waals surface area (Å²) in [6.07, 6.45) is 4.75. The zero-order valence-electron chi connectivity index (χ0n) is 11.5. The molecule has 0 aliphatic carbocycles. The van der Waals surface area contributed by atoms with Gasteiger partial charge in [0, 0.05) is 13.6 Å². The van der Waals surface area contributed by atoms with Gasteiger partial charge in [0.2, 0.25) is 0 Å². The predicted octanol–water partition coefficient (Wildman–Crippen LogP) is 1.86. The van der Waals surface area contributed by atoms with E-state index >= 15 is 0 Å². The highest BCUT2D eigenvalue weighted by molar-refractivity contribution is 5.36. The van der Waals surface area contributed by atoms with Gasteiger partial charge in [-0.25, -0.2) is 0 Å². The van der Waals surface area contributed by atoms with Crippen molar-refractivity contribution in [3.63, 3.8) is 0 Å². The Labute approximate surface area is 110 Å². The summed E-state index contributed by atoms with van der Waals surface area (Å²) in [7, 11) is 2.11. The maximum absolute atomic E-state index is 4.32. The van der Waals surface area contributed by atoms with E-state index in [0.717, 1.165) is 43.4 Å². The zero-order chi connectivity index (χ0) is 12.8. The van der Waals surface area contributed by atoms with Gasteiger partial charge in [0.25, 0.3) is 0 Å². The third-order valence-electron chi connectivity index (χ3n) is 3.53. The second-order valence-electron chi connectivity index (χ2n) is 5.23. The van der Waals surface area contributed by atoms with Crippen molar-refractivity contribution in [1.82, 2.24) is 15.5 Å². The molecule has 1 aliphatic rings. The molecule has 0 saturated carbocycles. The van der Waals surface area contributed by atoms with E-state index in [0.29, 0.717) is 0 Å². The summed E-state index contributed by atoms with van der Waals surface area (Å²) in [5.74, 6) is 1.72. The summed E-state index contributed by atoms with van der Waals surface area (Å²) in [4.78, 5) is 2.22.